The molecule has 2 aromatic carbocycles. The van der Waals surface area contributed by atoms with Gasteiger partial charge >= 0.3 is 0 Å². The van der Waals surface area contributed by atoms with Crippen LogP contribution in [0.1, 0.15) is 44.6 Å². The Labute approximate surface area is 205 Å². The number of anilines is 2. The summed E-state index contributed by atoms with van der Waals surface area (Å²) < 4.78 is 2.11. The zero-order valence-corrected chi connectivity index (χ0v) is 21.1. The highest BCUT2D eigenvalue weighted by atomic mass is 32.2. The van der Waals surface area contributed by atoms with E-state index in [9.17, 15) is 9.59 Å². The summed E-state index contributed by atoms with van der Waals surface area (Å²) in [6.07, 6.45) is 0.898. The summed E-state index contributed by atoms with van der Waals surface area (Å²) >= 11 is 1.39. The Morgan fingerprint density at radius 1 is 1.00 bits per heavy atom. The van der Waals surface area contributed by atoms with E-state index in [0.717, 1.165) is 17.8 Å². The second-order valence-electron chi connectivity index (χ2n) is 8.31. The van der Waals surface area contributed by atoms with Crippen LogP contribution in [0.15, 0.2) is 59.8 Å². The Hall–Kier alpha value is -3.17. The lowest BCUT2D eigenvalue weighted by Gasteiger charge is -2.23. The van der Waals surface area contributed by atoms with Crippen LogP contribution >= 0.6 is 11.8 Å². The van der Waals surface area contributed by atoms with Crippen molar-refractivity contribution >= 4 is 35.0 Å². The molecule has 0 aliphatic heterocycles. The summed E-state index contributed by atoms with van der Waals surface area (Å²) in [5, 5.41) is 14.9. The Morgan fingerprint density at radius 2 is 1.62 bits per heavy atom. The van der Waals surface area contributed by atoms with Crippen LogP contribution in [0.5, 0.6) is 0 Å². The van der Waals surface area contributed by atoms with Gasteiger partial charge in [0.25, 0.3) is 0 Å². The predicted molar refractivity (Wildman–Crippen MR) is 137 cm³/mol. The molecule has 0 saturated heterocycles. The van der Waals surface area contributed by atoms with Gasteiger partial charge in [0, 0.05) is 18.3 Å². The van der Waals surface area contributed by atoms with Crippen molar-refractivity contribution in [3.8, 4) is 0 Å². The molecule has 0 aliphatic rings. The number of rotatable bonds is 10. The van der Waals surface area contributed by atoms with E-state index in [1.165, 1.54) is 18.7 Å². The van der Waals surface area contributed by atoms with Gasteiger partial charge in [-0.05, 0) is 57.3 Å². The average Bonchev–Trinajstić information content (AvgIpc) is 3.17. The molecule has 0 radical (unpaired) electrons. The van der Waals surface area contributed by atoms with E-state index in [-0.39, 0.29) is 23.1 Å². The van der Waals surface area contributed by atoms with Crippen molar-refractivity contribution in [3.05, 3.63) is 66.0 Å². The second-order valence-corrected chi connectivity index (χ2v) is 9.62. The third-order valence-corrected chi connectivity index (χ3v) is 6.44. The number of carbonyl (C=O) groups is 2. The topological polar surface area (TPSA) is 92.1 Å². The normalized spacial score (nSPS) is 12.9. The number of benzene rings is 2. The fraction of sp³-hybridized carbons (Fsp3) is 0.360. The maximum absolute atomic E-state index is 12.9. The van der Waals surface area contributed by atoms with Crippen LogP contribution < -0.4 is 10.6 Å². The highest BCUT2D eigenvalue weighted by Gasteiger charge is 2.25. The molecule has 3 aromatic rings. The molecule has 0 bridgehead atoms. The van der Waals surface area contributed by atoms with E-state index < -0.39 is 0 Å². The van der Waals surface area contributed by atoms with Gasteiger partial charge in [-0.15, -0.1) is 10.2 Å². The van der Waals surface area contributed by atoms with E-state index in [1.807, 2.05) is 39.2 Å². The monoisotopic (exact) mass is 480 g/mol. The summed E-state index contributed by atoms with van der Waals surface area (Å²) in [6.45, 7) is 6.08. The molecular weight excluding hydrogens is 448 g/mol. The lowest BCUT2D eigenvalue weighted by atomic mass is 10.2. The van der Waals surface area contributed by atoms with E-state index in [1.54, 1.807) is 24.3 Å². The van der Waals surface area contributed by atoms with E-state index in [4.69, 9.17) is 0 Å². The molecule has 9 heteroatoms. The molecule has 1 aromatic heterocycles. The fourth-order valence-electron chi connectivity index (χ4n) is 3.62. The minimum atomic E-state index is -0.388. The first-order valence-corrected chi connectivity index (χ1v) is 12.1. The number of hydrogen-bond donors (Lipinski definition) is 2. The van der Waals surface area contributed by atoms with Crippen molar-refractivity contribution < 1.29 is 9.59 Å². The van der Waals surface area contributed by atoms with Crippen LogP contribution in [0.3, 0.4) is 0 Å². The Kier molecular flexibility index (Phi) is 8.84. The number of nitrogens with zero attached hydrogens (tertiary/aromatic N) is 4. The molecule has 0 aliphatic carbocycles. The van der Waals surface area contributed by atoms with Gasteiger partial charge < -0.3 is 15.2 Å². The number of amides is 2. The summed E-state index contributed by atoms with van der Waals surface area (Å²) in [5.74, 6) is 0.619. The zero-order valence-electron chi connectivity index (χ0n) is 20.3. The van der Waals surface area contributed by atoms with Gasteiger partial charge in [-0.25, -0.2) is 0 Å². The quantitative estimate of drug-likeness (QED) is 0.418. The van der Waals surface area contributed by atoms with Gasteiger partial charge in [0.15, 0.2) is 11.0 Å². The van der Waals surface area contributed by atoms with Gasteiger partial charge in [0.05, 0.1) is 17.8 Å². The van der Waals surface area contributed by atoms with Crippen LogP contribution in [-0.2, 0) is 16.1 Å². The van der Waals surface area contributed by atoms with E-state index in [0.29, 0.717) is 23.1 Å². The van der Waals surface area contributed by atoms with Crippen molar-refractivity contribution in [2.45, 2.75) is 50.2 Å². The van der Waals surface area contributed by atoms with Gasteiger partial charge in [-0.2, -0.15) is 0 Å². The van der Waals surface area contributed by atoms with Gasteiger partial charge in [0.1, 0.15) is 0 Å². The minimum Gasteiger partial charge on any atom is -0.326 e. The molecule has 2 N–H and O–H groups in total. The minimum absolute atomic E-state index is 0.122. The number of nitrogens with one attached hydrogen (secondary N) is 2. The lowest BCUT2D eigenvalue weighted by Crippen LogP contribution is -2.25. The molecule has 0 saturated carbocycles. The molecule has 180 valence electrons. The predicted octanol–water partition coefficient (Wildman–Crippen LogP) is 4.42. The number of aromatic nitrogens is 3. The average molecular weight is 481 g/mol. The summed E-state index contributed by atoms with van der Waals surface area (Å²) in [6, 6.07) is 17.3. The van der Waals surface area contributed by atoms with Crippen LogP contribution in [0, 0.1) is 0 Å². The second kappa shape index (κ2) is 11.8. The Bertz CT molecular complexity index is 1100. The van der Waals surface area contributed by atoms with Crippen molar-refractivity contribution in [2.75, 3.05) is 24.7 Å². The van der Waals surface area contributed by atoms with Crippen LogP contribution in [-0.4, -0.2) is 50.8 Å². The third kappa shape index (κ3) is 6.68. The first-order valence-electron chi connectivity index (χ1n) is 11.3. The lowest BCUT2D eigenvalue weighted by molar-refractivity contribution is -0.115. The molecule has 0 spiro atoms. The van der Waals surface area contributed by atoms with E-state index >= 15 is 0 Å². The molecule has 34 heavy (non-hydrogen) atoms. The van der Waals surface area contributed by atoms with Crippen LogP contribution in [0.25, 0.3) is 0 Å². The maximum atomic E-state index is 12.9. The molecule has 2 amide bonds. The zero-order chi connectivity index (χ0) is 24.7. The molecule has 8 nitrogen and oxygen atoms in total. The summed E-state index contributed by atoms with van der Waals surface area (Å²) in [4.78, 5) is 26.2. The standard InChI is InChI=1S/C25H32N6O2S/c1-6-22(30(4)5)23-28-29-25(31(23)16-19-10-8-7-9-11-19)34-17(2)24(33)27-21-14-12-20(13-15-21)26-18(3)32/h7-15,17,22H,6,16H2,1-5H3,(H,26,32)(H,27,33)/t17-,22-/m1/s1. The van der Waals surface area contributed by atoms with Gasteiger partial charge in [-0.3, -0.25) is 14.5 Å². The van der Waals surface area contributed by atoms with Gasteiger partial charge in [-0.1, -0.05) is 49.0 Å². The molecular formula is C25H32N6O2S. The number of thioether (sulfide) groups is 1. The largest absolute Gasteiger partial charge is 0.326 e. The molecule has 2 atom stereocenters. The SMILES string of the molecule is CC[C@H](c1nnc(S[C@H](C)C(=O)Nc2ccc(NC(C)=O)cc2)n1Cc1ccccc1)N(C)C. The molecule has 3 rings (SSSR count). The highest BCUT2D eigenvalue weighted by Crippen LogP contribution is 2.29. The van der Waals surface area contributed by atoms with Crippen LogP contribution in [0.4, 0.5) is 11.4 Å². The van der Waals surface area contributed by atoms with E-state index in [2.05, 4.69) is 49.4 Å². The molecule has 1 heterocycles. The van der Waals surface area contributed by atoms with Crippen molar-refractivity contribution in [1.29, 1.82) is 0 Å². The fourth-order valence-corrected chi connectivity index (χ4v) is 4.48. The summed E-state index contributed by atoms with van der Waals surface area (Å²) in [5.41, 5.74) is 2.49. The van der Waals surface area contributed by atoms with Crippen molar-refractivity contribution in [3.63, 3.8) is 0 Å². The molecule has 0 unspecified atom stereocenters. The van der Waals surface area contributed by atoms with Crippen molar-refractivity contribution in [2.24, 2.45) is 0 Å². The first kappa shape index (κ1) is 25.5. The first-order chi connectivity index (χ1) is 16.3. The van der Waals surface area contributed by atoms with Crippen molar-refractivity contribution in [1.82, 2.24) is 19.7 Å². The molecule has 0 fully saturated rings. The Morgan fingerprint density at radius 3 is 2.18 bits per heavy atom. The number of carbonyl (C=O) groups excluding carboxylic acids is 2. The third-order valence-electron chi connectivity index (χ3n) is 5.36. The van der Waals surface area contributed by atoms with Crippen LogP contribution in [0.2, 0.25) is 0 Å². The highest BCUT2D eigenvalue weighted by molar-refractivity contribution is 8.00. The number of hydrogen-bond acceptors (Lipinski definition) is 6. The maximum Gasteiger partial charge on any atom is 0.237 e. The summed E-state index contributed by atoms with van der Waals surface area (Å²) in [7, 11) is 4.07. The van der Waals surface area contributed by atoms with Gasteiger partial charge in [0.2, 0.25) is 11.8 Å². The Balaban J connectivity index is 1.77. The smallest absolute Gasteiger partial charge is 0.237 e.